The van der Waals surface area contributed by atoms with Crippen molar-refractivity contribution in [1.82, 2.24) is 0 Å². The van der Waals surface area contributed by atoms with Gasteiger partial charge in [0.2, 0.25) is 5.91 Å². The molecule has 0 spiro atoms. The molecule has 0 saturated heterocycles. The van der Waals surface area contributed by atoms with Crippen LogP contribution in [0.2, 0.25) is 0 Å². The molecule has 130 valence electrons. The van der Waals surface area contributed by atoms with Crippen LogP contribution in [0.5, 0.6) is 0 Å². The molecule has 2 N–H and O–H groups in total. The van der Waals surface area contributed by atoms with Crippen LogP contribution in [0.4, 0.5) is 5.69 Å². The van der Waals surface area contributed by atoms with Gasteiger partial charge in [-0.1, -0.05) is 36.4 Å². The van der Waals surface area contributed by atoms with Crippen LogP contribution in [0.15, 0.2) is 48.5 Å². The van der Waals surface area contributed by atoms with Crippen LogP contribution in [-0.2, 0) is 16.0 Å². The molecule has 2 unspecified atom stereocenters. The van der Waals surface area contributed by atoms with Crippen molar-refractivity contribution < 1.29 is 14.7 Å². The minimum atomic E-state index is -0.854. The Bertz CT molecular complexity index is 767. The van der Waals surface area contributed by atoms with E-state index in [0.717, 1.165) is 24.8 Å². The molecule has 1 aliphatic rings. The second-order valence-corrected chi connectivity index (χ2v) is 6.72. The summed E-state index contributed by atoms with van der Waals surface area (Å²) in [5, 5.41) is 12.0. The van der Waals surface area contributed by atoms with Crippen molar-refractivity contribution in [3.63, 3.8) is 0 Å². The lowest BCUT2D eigenvalue weighted by Crippen LogP contribution is -2.18. The molecule has 0 saturated carbocycles. The summed E-state index contributed by atoms with van der Waals surface area (Å²) >= 11 is 0. The van der Waals surface area contributed by atoms with E-state index in [-0.39, 0.29) is 11.8 Å². The van der Waals surface area contributed by atoms with E-state index in [1.807, 2.05) is 6.07 Å². The number of amides is 1. The predicted octanol–water partition coefficient (Wildman–Crippen LogP) is 4.32. The smallest absolute Gasteiger partial charge is 0.310 e. The van der Waals surface area contributed by atoms with Gasteiger partial charge in [-0.3, -0.25) is 9.59 Å². The third-order valence-corrected chi connectivity index (χ3v) is 4.99. The highest BCUT2D eigenvalue weighted by Gasteiger charge is 2.22. The lowest BCUT2D eigenvalue weighted by atomic mass is 9.81. The minimum Gasteiger partial charge on any atom is -0.481 e. The van der Waals surface area contributed by atoms with Crippen LogP contribution in [0.1, 0.15) is 54.7 Å². The van der Waals surface area contributed by atoms with E-state index in [9.17, 15) is 9.59 Å². The van der Waals surface area contributed by atoms with Gasteiger partial charge in [-0.25, -0.2) is 0 Å². The highest BCUT2D eigenvalue weighted by Crippen LogP contribution is 2.34. The van der Waals surface area contributed by atoms with Gasteiger partial charge < -0.3 is 10.4 Å². The van der Waals surface area contributed by atoms with Crippen LogP contribution in [0, 0.1) is 0 Å². The molecule has 4 nitrogen and oxygen atoms in total. The van der Waals surface area contributed by atoms with E-state index in [0.29, 0.717) is 12.1 Å². The van der Waals surface area contributed by atoms with Crippen LogP contribution >= 0.6 is 0 Å². The number of nitrogens with one attached hydrogen (secondary N) is 1. The first-order valence-electron chi connectivity index (χ1n) is 8.75. The van der Waals surface area contributed by atoms with Crippen molar-refractivity contribution in [2.24, 2.45) is 0 Å². The zero-order valence-corrected chi connectivity index (χ0v) is 14.4. The quantitative estimate of drug-likeness (QED) is 0.854. The molecule has 4 heteroatoms. The molecule has 0 bridgehead atoms. The fourth-order valence-electron chi connectivity index (χ4n) is 3.50. The standard InChI is InChI=1S/C21H23NO3/c1-14(21(24)25)15-9-11-18(12-10-15)22-20(23)13-17-7-4-6-16-5-2-3-8-19(16)17/h2-3,5,8-12,14,17H,4,6-7,13H2,1H3,(H,22,23)(H,24,25). The van der Waals surface area contributed by atoms with Crippen molar-refractivity contribution in [3.05, 3.63) is 65.2 Å². The molecule has 0 aliphatic heterocycles. The lowest BCUT2D eigenvalue weighted by molar-refractivity contribution is -0.138. The molecule has 0 radical (unpaired) electrons. The normalized spacial score (nSPS) is 17.4. The van der Waals surface area contributed by atoms with Crippen LogP contribution < -0.4 is 5.32 Å². The zero-order chi connectivity index (χ0) is 17.8. The van der Waals surface area contributed by atoms with Gasteiger partial charge in [0.1, 0.15) is 0 Å². The molecule has 2 aromatic carbocycles. The molecule has 1 aliphatic carbocycles. The van der Waals surface area contributed by atoms with Crippen molar-refractivity contribution in [3.8, 4) is 0 Å². The molecule has 1 amide bonds. The maximum Gasteiger partial charge on any atom is 0.310 e. The summed E-state index contributed by atoms with van der Waals surface area (Å²) in [6, 6.07) is 15.4. The van der Waals surface area contributed by atoms with Gasteiger partial charge in [-0.2, -0.15) is 0 Å². The number of carbonyl (C=O) groups is 2. The number of rotatable bonds is 5. The summed E-state index contributed by atoms with van der Waals surface area (Å²) in [5.41, 5.74) is 4.09. The van der Waals surface area contributed by atoms with Crippen molar-refractivity contribution in [1.29, 1.82) is 0 Å². The lowest BCUT2D eigenvalue weighted by Gasteiger charge is -2.25. The van der Waals surface area contributed by atoms with E-state index >= 15 is 0 Å². The Balaban J connectivity index is 1.63. The van der Waals surface area contributed by atoms with Crippen LogP contribution in [0.25, 0.3) is 0 Å². The predicted molar refractivity (Wildman–Crippen MR) is 97.9 cm³/mol. The first-order chi connectivity index (χ1) is 12.0. The summed E-state index contributed by atoms with van der Waals surface area (Å²) in [6.45, 7) is 1.65. The molecule has 3 rings (SSSR count). The summed E-state index contributed by atoms with van der Waals surface area (Å²) in [7, 11) is 0. The van der Waals surface area contributed by atoms with Crippen molar-refractivity contribution >= 4 is 17.6 Å². The summed E-state index contributed by atoms with van der Waals surface area (Å²) in [5.74, 6) is -1.13. The molecular weight excluding hydrogens is 314 g/mol. The van der Waals surface area contributed by atoms with E-state index < -0.39 is 11.9 Å². The third-order valence-electron chi connectivity index (χ3n) is 4.99. The molecular formula is C21H23NO3. The van der Waals surface area contributed by atoms with Gasteiger partial charge in [0.25, 0.3) is 0 Å². The third kappa shape index (κ3) is 4.08. The molecule has 2 aromatic rings. The summed E-state index contributed by atoms with van der Waals surface area (Å²) in [6.07, 6.45) is 3.73. The van der Waals surface area contributed by atoms with Crippen LogP contribution in [0.3, 0.4) is 0 Å². The SMILES string of the molecule is CC(C(=O)O)c1ccc(NC(=O)CC2CCCc3ccccc32)cc1. The number of aryl methyl sites for hydroxylation is 1. The number of carboxylic acid groups (broad SMARTS) is 1. The Kier molecular flexibility index (Phi) is 5.17. The number of benzene rings is 2. The largest absolute Gasteiger partial charge is 0.481 e. The number of anilines is 1. The maximum absolute atomic E-state index is 12.4. The van der Waals surface area contributed by atoms with Crippen molar-refractivity contribution in [2.45, 2.75) is 44.4 Å². The highest BCUT2D eigenvalue weighted by atomic mass is 16.4. The number of hydrogen-bond acceptors (Lipinski definition) is 2. The Labute approximate surface area is 147 Å². The highest BCUT2D eigenvalue weighted by molar-refractivity contribution is 5.91. The Morgan fingerprint density at radius 2 is 1.88 bits per heavy atom. The fraction of sp³-hybridized carbons (Fsp3) is 0.333. The summed E-state index contributed by atoms with van der Waals surface area (Å²) in [4.78, 5) is 23.4. The average molecular weight is 337 g/mol. The molecule has 25 heavy (non-hydrogen) atoms. The Morgan fingerprint density at radius 1 is 1.16 bits per heavy atom. The van der Waals surface area contributed by atoms with Crippen molar-refractivity contribution in [2.75, 3.05) is 5.32 Å². The average Bonchev–Trinajstić information content (AvgIpc) is 2.62. The maximum atomic E-state index is 12.4. The Morgan fingerprint density at radius 3 is 2.60 bits per heavy atom. The van der Waals surface area contributed by atoms with E-state index in [2.05, 4.69) is 23.5 Å². The number of hydrogen-bond donors (Lipinski definition) is 2. The first-order valence-corrected chi connectivity index (χ1v) is 8.75. The fourth-order valence-corrected chi connectivity index (χ4v) is 3.50. The van der Waals surface area contributed by atoms with E-state index in [1.54, 1.807) is 31.2 Å². The molecule has 0 aromatic heterocycles. The second kappa shape index (κ2) is 7.51. The van der Waals surface area contributed by atoms with Crippen LogP contribution in [-0.4, -0.2) is 17.0 Å². The first kappa shape index (κ1) is 17.2. The number of aliphatic carboxylic acids is 1. The Hall–Kier alpha value is -2.62. The van der Waals surface area contributed by atoms with E-state index in [4.69, 9.17) is 5.11 Å². The molecule has 0 fully saturated rings. The minimum absolute atomic E-state index is 0.000682. The molecule has 0 heterocycles. The summed E-state index contributed by atoms with van der Waals surface area (Å²) < 4.78 is 0. The molecule has 2 atom stereocenters. The van der Waals surface area contributed by atoms with Gasteiger partial charge in [-0.15, -0.1) is 0 Å². The monoisotopic (exact) mass is 337 g/mol. The zero-order valence-electron chi connectivity index (χ0n) is 14.4. The van der Waals surface area contributed by atoms with E-state index in [1.165, 1.54) is 11.1 Å². The van der Waals surface area contributed by atoms with Gasteiger partial charge in [0, 0.05) is 12.1 Å². The number of fused-ring (bicyclic) bond motifs is 1. The van der Waals surface area contributed by atoms with Gasteiger partial charge in [-0.05, 0) is 60.9 Å². The number of carbonyl (C=O) groups excluding carboxylic acids is 1. The topological polar surface area (TPSA) is 66.4 Å². The van der Waals surface area contributed by atoms with Gasteiger partial charge >= 0.3 is 5.97 Å². The van der Waals surface area contributed by atoms with Gasteiger partial charge in [0.15, 0.2) is 0 Å². The van der Waals surface area contributed by atoms with Gasteiger partial charge in [0.05, 0.1) is 5.92 Å². The second-order valence-electron chi connectivity index (χ2n) is 6.72. The number of carboxylic acids is 1.